The maximum absolute atomic E-state index is 12.1. The first-order valence-corrected chi connectivity index (χ1v) is 5.39. The highest BCUT2D eigenvalue weighted by molar-refractivity contribution is 6.30. The highest BCUT2D eigenvalue weighted by Crippen LogP contribution is 2.29. The summed E-state index contributed by atoms with van der Waals surface area (Å²) >= 11 is 5.66. The fraction of sp³-hybridized carbons (Fsp3) is 0.364. The average Bonchev–Trinajstić information content (AvgIpc) is 2.20. The van der Waals surface area contributed by atoms with Gasteiger partial charge in [0.25, 0.3) is 0 Å². The molecule has 18 heavy (non-hydrogen) atoms. The lowest BCUT2D eigenvalue weighted by Gasteiger charge is -2.13. The normalized spacial score (nSPS) is 11.2. The Balaban J connectivity index is 2.93. The summed E-state index contributed by atoms with van der Waals surface area (Å²) in [6.07, 6.45) is -5.16. The summed E-state index contributed by atoms with van der Waals surface area (Å²) in [6, 6.07) is 3.54. The van der Waals surface area contributed by atoms with Crippen LogP contribution in [0.25, 0.3) is 0 Å². The molecule has 0 radical (unpaired) electrons. The average molecular weight is 283 g/mol. The number of carbonyl (C=O) groups excluding carboxylic acids is 1. The summed E-state index contributed by atoms with van der Waals surface area (Å²) in [7, 11) is 0. The summed E-state index contributed by atoms with van der Waals surface area (Å²) in [5, 5.41) is 0.212. The Morgan fingerprint density at radius 1 is 1.39 bits per heavy atom. The Hall–Kier alpha value is -1.43. The van der Waals surface area contributed by atoms with Crippen LogP contribution in [0, 0.1) is 0 Å². The summed E-state index contributed by atoms with van der Waals surface area (Å²) in [5.74, 6) is -1.10. The van der Waals surface area contributed by atoms with Crippen molar-refractivity contribution in [2.75, 3.05) is 6.61 Å². The summed E-state index contributed by atoms with van der Waals surface area (Å²) < 4.78 is 44.9. The zero-order valence-electron chi connectivity index (χ0n) is 9.38. The Morgan fingerprint density at radius 3 is 2.61 bits per heavy atom. The van der Waals surface area contributed by atoms with Crippen LogP contribution in [0.15, 0.2) is 18.2 Å². The molecular formula is C11H10ClF3O3. The van der Waals surface area contributed by atoms with E-state index >= 15 is 0 Å². The minimum Gasteiger partial charge on any atom is -0.466 e. The minimum atomic E-state index is -4.82. The number of hydrogen-bond acceptors (Lipinski definition) is 3. The Kier molecular flexibility index (Phi) is 4.84. The first-order valence-electron chi connectivity index (χ1n) is 5.01. The molecule has 0 amide bonds. The Morgan fingerprint density at radius 2 is 2.06 bits per heavy atom. The van der Waals surface area contributed by atoms with Crippen LogP contribution in [0.2, 0.25) is 5.02 Å². The number of halogens is 4. The lowest BCUT2D eigenvalue weighted by Crippen LogP contribution is -2.19. The van der Waals surface area contributed by atoms with Gasteiger partial charge in [0.05, 0.1) is 13.0 Å². The lowest BCUT2D eigenvalue weighted by molar-refractivity contribution is -0.274. The topological polar surface area (TPSA) is 35.5 Å². The van der Waals surface area contributed by atoms with Gasteiger partial charge in [0.2, 0.25) is 0 Å². The van der Waals surface area contributed by atoms with E-state index in [1.807, 2.05) is 0 Å². The van der Waals surface area contributed by atoms with Crippen LogP contribution >= 0.6 is 11.6 Å². The highest BCUT2D eigenvalue weighted by atomic mass is 35.5. The third-order valence-corrected chi connectivity index (χ3v) is 2.12. The molecule has 100 valence electrons. The van der Waals surface area contributed by atoms with E-state index in [2.05, 4.69) is 9.47 Å². The quantitative estimate of drug-likeness (QED) is 0.795. The molecule has 0 spiro atoms. The van der Waals surface area contributed by atoms with E-state index in [1.165, 1.54) is 12.1 Å². The molecule has 0 aliphatic heterocycles. The first-order chi connectivity index (χ1) is 8.31. The van der Waals surface area contributed by atoms with Crippen LogP contribution in [0.5, 0.6) is 5.75 Å². The molecule has 0 aliphatic rings. The van der Waals surface area contributed by atoms with Gasteiger partial charge in [0, 0.05) is 10.6 Å². The van der Waals surface area contributed by atoms with E-state index in [0.717, 1.165) is 6.07 Å². The molecule has 0 heterocycles. The number of carbonyl (C=O) groups is 1. The number of rotatable bonds is 4. The largest absolute Gasteiger partial charge is 0.573 e. The van der Waals surface area contributed by atoms with Crippen LogP contribution in [0.4, 0.5) is 13.2 Å². The molecule has 7 heteroatoms. The molecule has 1 rings (SSSR count). The number of ether oxygens (including phenoxy) is 2. The monoisotopic (exact) mass is 282 g/mol. The van der Waals surface area contributed by atoms with Crippen molar-refractivity contribution in [1.82, 2.24) is 0 Å². The smallest absolute Gasteiger partial charge is 0.466 e. The SMILES string of the molecule is CCOC(=O)Cc1cc(Cl)ccc1OC(F)(F)F. The molecule has 3 nitrogen and oxygen atoms in total. The predicted molar refractivity (Wildman–Crippen MR) is 58.5 cm³/mol. The van der Waals surface area contributed by atoms with E-state index in [4.69, 9.17) is 11.6 Å². The Bertz CT molecular complexity index is 432. The van der Waals surface area contributed by atoms with Crippen molar-refractivity contribution in [3.05, 3.63) is 28.8 Å². The van der Waals surface area contributed by atoms with Gasteiger partial charge < -0.3 is 9.47 Å². The third-order valence-electron chi connectivity index (χ3n) is 1.89. The van der Waals surface area contributed by atoms with E-state index in [1.54, 1.807) is 6.92 Å². The van der Waals surface area contributed by atoms with E-state index < -0.39 is 18.1 Å². The molecular weight excluding hydrogens is 273 g/mol. The second-order valence-electron chi connectivity index (χ2n) is 3.28. The molecule has 1 aromatic carbocycles. The van der Waals surface area contributed by atoms with Gasteiger partial charge in [-0.2, -0.15) is 0 Å². The van der Waals surface area contributed by atoms with Crippen LogP contribution in [0.1, 0.15) is 12.5 Å². The second-order valence-corrected chi connectivity index (χ2v) is 3.72. The van der Waals surface area contributed by atoms with Crippen LogP contribution < -0.4 is 4.74 Å². The summed E-state index contributed by atoms with van der Waals surface area (Å²) in [5.41, 5.74) is 0.0262. The molecule has 0 N–H and O–H groups in total. The van der Waals surface area contributed by atoms with Gasteiger partial charge in [-0.15, -0.1) is 13.2 Å². The van der Waals surface area contributed by atoms with Crippen molar-refractivity contribution in [3.63, 3.8) is 0 Å². The molecule has 0 aromatic heterocycles. The minimum absolute atomic E-state index is 0.0262. The van der Waals surface area contributed by atoms with Gasteiger partial charge in [-0.05, 0) is 25.1 Å². The number of hydrogen-bond donors (Lipinski definition) is 0. The van der Waals surface area contributed by atoms with Crippen LogP contribution in [0.3, 0.4) is 0 Å². The van der Waals surface area contributed by atoms with Gasteiger partial charge >= 0.3 is 12.3 Å². The molecule has 0 bridgehead atoms. The fourth-order valence-corrected chi connectivity index (χ4v) is 1.47. The third kappa shape index (κ3) is 4.83. The van der Waals surface area contributed by atoms with Crippen molar-refractivity contribution in [1.29, 1.82) is 0 Å². The van der Waals surface area contributed by atoms with Crippen molar-refractivity contribution in [3.8, 4) is 5.75 Å². The van der Waals surface area contributed by atoms with Gasteiger partial charge in [-0.25, -0.2) is 0 Å². The molecule has 0 fully saturated rings. The Labute approximate surface area is 106 Å². The van der Waals surface area contributed by atoms with E-state index in [-0.39, 0.29) is 23.6 Å². The fourth-order valence-electron chi connectivity index (χ4n) is 1.28. The molecule has 0 aliphatic carbocycles. The number of alkyl halides is 3. The van der Waals surface area contributed by atoms with E-state index in [9.17, 15) is 18.0 Å². The van der Waals surface area contributed by atoms with Crippen LogP contribution in [-0.4, -0.2) is 18.9 Å². The first kappa shape index (κ1) is 14.6. The van der Waals surface area contributed by atoms with Crippen LogP contribution in [-0.2, 0) is 16.0 Å². The molecule has 0 unspecified atom stereocenters. The van der Waals surface area contributed by atoms with Crippen molar-refractivity contribution in [2.24, 2.45) is 0 Å². The zero-order chi connectivity index (χ0) is 13.8. The molecule has 0 atom stereocenters. The maximum atomic E-state index is 12.1. The van der Waals surface area contributed by atoms with E-state index in [0.29, 0.717) is 0 Å². The maximum Gasteiger partial charge on any atom is 0.573 e. The van der Waals surface area contributed by atoms with Gasteiger partial charge in [-0.3, -0.25) is 4.79 Å². The van der Waals surface area contributed by atoms with Crippen molar-refractivity contribution in [2.45, 2.75) is 19.7 Å². The van der Waals surface area contributed by atoms with Gasteiger partial charge in [0.15, 0.2) is 0 Å². The zero-order valence-corrected chi connectivity index (χ0v) is 10.1. The molecule has 0 saturated heterocycles. The standard InChI is InChI=1S/C11H10ClF3O3/c1-2-17-10(16)6-7-5-8(12)3-4-9(7)18-11(13,14)15/h3-5H,2,6H2,1H3. The predicted octanol–water partition coefficient (Wildman–Crippen LogP) is 3.34. The molecule has 1 aromatic rings. The summed E-state index contributed by atoms with van der Waals surface area (Å²) in [4.78, 5) is 11.2. The number of esters is 1. The second kappa shape index (κ2) is 5.95. The molecule has 0 saturated carbocycles. The summed E-state index contributed by atoms with van der Waals surface area (Å²) in [6.45, 7) is 1.75. The highest BCUT2D eigenvalue weighted by Gasteiger charge is 2.32. The van der Waals surface area contributed by atoms with Gasteiger partial charge in [-0.1, -0.05) is 11.6 Å². The lowest BCUT2D eigenvalue weighted by atomic mass is 10.1. The van der Waals surface area contributed by atoms with Crippen molar-refractivity contribution < 1.29 is 27.4 Å². The van der Waals surface area contributed by atoms with Crippen molar-refractivity contribution >= 4 is 17.6 Å². The number of benzene rings is 1. The van der Waals surface area contributed by atoms with Gasteiger partial charge in [0.1, 0.15) is 5.75 Å².